The Bertz CT molecular complexity index is 23.3. The van der Waals surface area contributed by atoms with Gasteiger partial charge in [-0.15, -0.1) is 0 Å². The van der Waals surface area contributed by atoms with Crippen LogP contribution in [0.1, 0.15) is 6.92 Å². The van der Waals surface area contributed by atoms with Crippen LogP contribution in [0.5, 0.6) is 0 Å². The van der Waals surface area contributed by atoms with E-state index in [1.807, 2.05) is 0 Å². The summed E-state index contributed by atoms with van der Waals surface area (Å²) in [6.07, 6.45) is 0. The molecule has 0 aliphatic carbocycles. The van der Waals surface area contributed by atoms with Crippen LogP contribution < -0.4 is 57.1 Å². The van der Waals surface area contributed by atoms with Crippen LogP contribution in [0.4, 0.5) is 0 Å². The Labute approximate surface area is 98.2 Å². The maximum atomic E-state index is 7.75. The van der Waals surface area contributed by atoms with Crippen LogP contribution in [-0.4, -0.2) is 35.4 Å². The average molecular weight is 163 g/mol. The van der Waals surface area contributed by atoms with Gasteiger partial charge in [0.2, 0.25) is 0 Å². The molecule has 0 aliphatic rings. The molecule has 5 N–H and O–H groups in total. The van der Waals surface area contributed by atoms with Crippen molar-refractivity contribution in [2.75, 3.05) is 19.8 Å². The van der Waals surface area contributed by atoms with Gasteiger partial charge in [0.15, 0.2) is 0 Å². The summed E-state index contributed by atoms with van der Waals surface area (Å²) in [7, 11) is 0. The summed E-state index contributed by atoms with van der Waals surface area (Å²) in [5.74, 6) is 0. The minimum absolute atomic E-state index is 0. The Kier molecular flexibility index (Phi) is 84.7. The molecule has 0 radical (unpaired) electrons. The van der Waals surface area contributed by atoms with Gasteiger partial charge in [-0.3, -0.25) is 0 Å². The van der Waals surface area contributed by atoms with Crippen molar-refractivity contribution in [2.45, 2.75) is 6.92 Å². The van der Waals surface area contributed by atoms with Gasteiger partial charge in [0.25, 0.3) is 0 Å². The molecule has 0 spiro atoms. The summed E-state index contributed by atoms with van der Waals surface area (Å²) in [6.45, 7) is 2.40. The molecule has 5 heteroatoms. The second kappa shape index (κ2) is 34.0. The van der Waals surface area contributed by atoms with E-state index < -0.39 is 0 Å². The number of rotatable bonds is 1. The molecule has 9 heavy (non-hydrogen) atoms. The molecular weight excluding hydrogens is 149 g/mol. The van der Waals surface area contributed by atoms with Crippen molar-refractivity contribution in [3.05, 3.63) is 0 Å². The van der Waals surface area contributed by atoms with Crippen LogP contribution in [-0.2, 0) is 0 Å². The molecule has 0 amide bonds. The van der Waals surface area contributed by atoms with Crippen LogP contribution in [0, 0.1) is 0 Å². The van der Waals surface area contributed by atoms with Crippen LogP contribution >= 0.6 is 0 Å². The van der Waals surface area contributed by atoms with Gasteiger partial charge in [0.1, 0.15) is 0 Å². The summed E-state index contributed by atoms with van der Waals surface area (Å²) in [6, 6.07) is 0. The largest absolute Gasteiger partial charge is 1.00 e. The van der Waals surface area contributed by atoms with Gasteiger partial charge in [-0.05, 0) is 6.92 Å². The maximum Gasteiger partial charge on any atom is 1.00 e. The fraction of sp³-hybridized carbons (Fsp3) is 1.00. The number of aliphatic hydroxyl groups excluding tert-OH is 2. The SMILES string of the molecule is CCO.NCCO.[K+].[OH-]. The number of nitrogens with two attached hydrogens (primary N) is 1. The molecule has 0 fully saturated rings. The maximum absolute atomic E-state index is 7.75. The van der Waals surface area contributed by atoms with Gasteiger partial charge in [0, 0.05) is 13.2 Å². The van der Waals surface area contributed by atoms with Crippen molar-refractivity contribution < 1.29 is 67.1 Å². The Morgan fingerprint density at radius 3 is 1.44 bits per heavy atom. The summed E-state index contributed by atoms with van der Waals surface area (Å²) in [4.78, 5) is 0. The topological polar surface area (TPSA) is 96.5 Å². The zero-order chi connectivity index (χ0) is 6.12. The van der Waals surface area contributed by atoms with Crippen LogP contribution in [0.15, 0.2) is 0 Å². The third-order valence-corrected chi connectivity index (χ3v) is 0.129. The number of aliphatic hydroxyl groups is 2. The number of hydrogen-bond donors (Lipinski definition) is 3. The first-order valence-corrected chi connectivity index (χ1v) is 2.25. The predicted molar refractivity (Wildman–Crippen MR) is 30.8 cm³/mol. The first-order chi connectivity index (χ1) is 3.33. The van der Waals surface area contributed by atoms with E-state index in [1.54, 1.807) is 6.92 Å². The van der Waals surface area contributed by atoms with E-state index >= 15 is 0 Å². The first-order valence-electron chi connectivity index (χ1n) is 2.25. The third-order valence-electron chi connectivity index (χ3n) is 0.129. The summed E-state index contributed by atoms with van der Waals surface area (Å²) >= 11 is 0. The van der Waals surface area contributed by atoms with Crippen molar-refractivity contribution in [1.29, 1.82) is 0 Å². The van der Waals surface area contributed by atoms with E-state index in [1.165, 1.54) is 0 Å². The molecule has 0 aromatic rings. The summed E-state index contributed by atoms with van der Waals surface area (Å²) in [5, 5.41) is 15.3. The molecule has 0 saturated carbocycles. The second-order valence-corrected chi connectivity index (χ2v) is 0.829. The minimum Gasteiger partial charge on any atom is -0.870 e. The molecule has 54 valence electrons. The smallest absolute Gasteiger partial charge is 0.870 e. The Hall–Kier alpha value is 1.48. The fourth-order valence-electron chi connectivity index (χ4n) is 0. The monoisotopic (exact) mass is 163 g/mol. The Morgan fingerprint density at radius 2 is 1.44 bits per heavy atom. The zero-order valence-corrected chi connectivity index (χ0v) is 9.16. The molecular formula is C4H14KNO3. The van der Waals surface area contributed by atoms with E-state index in [0.29, 0.717) is 6.54 Å². The standard InChI is InChI=1S/C2H7NO.C2H6O.K.H2O/c3-1-2-4;1-2-3;;/h4H,1-3H2;3H,2H2,1H3;;1H2/q;;+1;/p-1. The van der Waals surface area contributed by atoms with Gasteiger partial charge < -0.3 is 21.4 Å². The Morgan fingerprint density at radius 1 is 1.33 bits per heavy atom. The number of hydrogen-bond acceptors (Lipinski definition) is 4. The van der Waals surface area contributed by atoms with Crippen LogP contribution in [0.2, 0.25) is 0 Å². The van der Waals surface area contributed by atoms with E-state index in [4.69, 9.17) is 15.9 Å². The van der Waals surface area contributed by atoms with Crippen molar-refractivity contribution in [3.63, 3.8) is 0 Å². The summed E-state index contributed by atoms with van der Waals surface area (Å²) < 4.78 is 0. The molecule has 0 bridgehead atoms. The van der Waals surface area contributed by atoms with Crippen molar-refractivity contribution in [3.8, 4) is 0 Å². The van der Waals surface area contributed by atoms with E-state index in [0.717, 1.165) is 0 Å². The van der Waals surface area contributed by atoms with Gasteiger partial charge in [-0.1, -0.05) is 0 Å². The van der Waals surface area contributed by atoms with Gasteiger partial charge >= 0.3 is 51.4 Å². The molecule has 0 rings (SSSR count). The normalized spacial score (nSPS) is 5.33. The quantitative estimate of drug-likeness (QED) is 0.341. The average Bonchev–Trinajstić information content (AvgIpc) is 1.69. The predicted octanol–water partition coefficient (Wildman–Crippen LogP) is -4.24. The van der Waals surface area contributed by atoms with Crippen molar-refractivity contribution in [2.24, 2.45) is 5.73 Å². The third kappa shape index (κ3) is 86.4. The van der Waals surface area contributed by atoms with E-state index in [2.05, 4.69) is 0 Å². The summed E-state index contributed by atoms with van der Waals surface area (Å²) in [5.41, 5.74) is 4.78. The van der Waals surface area contributed by atoms with Gasteiger partial charge in [-0.25, -0.2) is 0 Å². The molecule has 0 aliphatic heterocycles. The zero-order valence-electron chi connectivity index (χ0n) is 6.04. The van der Waals surface area contributed by atoms with Crippen LogP contribution in [0.25, 0.3) is 0 Å². The molecule has 0 aromatic heterocycles. The molecule has 4 nitrogen and oxygen atoms in total. The first kappa shape index (κ1) is 22.4. The molecule has 0 unspecified atom stereocenters. The van der Waals surface area contributed by atoms with Gasteiger partial charge in [0.05, 0.1) is 6.61 Å². The van der Waals surface area contributed by atoms with Crippen molar-refractivity contribution in [1.82, 2.24) is 0 Å². The van der Waals surface area contributed by atoms with Crippen molar-refractivity contribution >= 4 is 0 Å². The molecule has 0 saturated heterocycles. The molecule has 0 atom stereocenters. The second-order valence-electron chi connectivity index (χ2n) is 0.829. The van der Waals surface area contributed by atoms with Crippen LogP contribution in [0.3, 0.4) is 0 Å². The Balaban J connectivity index is -0.0000000233. The molecule has 0 heterocycles. The molecule has 0 aromatic carbocycles. The van der Waals surface area contributed by atoms with E-state index in [-0.39, 0.29) is 70.1 Å². The van der Waals surface area contributed by atoms with Gasteiger partial charge in [-0.2, -0.15) is 0 Å². The fourth-order valence-corrected chi connectivity index (χ4v) is 0. The van der Waals surface area contributed by atoms with E-state index in [9.17, 15) is 0 Å². The minimum atomic E-state index is 0.